The van der Waals surface area contributed by atoms with Crippen molar-refractivity contribution in [1.29, 1.82) is 0 Å². The summed E-state index contributed by atoms with van der Waals surface area (Å²) in [4.78, 5) is 24.0. The number of nitrogens with one attached hydrogen (secondary N) is 1. The first-order valence-electron chi connectivity index (χ1n) is 7.02. The summed E-state index contributed by atoms with van der Waals surface area (Å²) in [7, 11) is 0. The molecule has 2 atom stereocenters. The number of carboxylic acids is 1. The van der Waals surface area contributed by atoms with Gasteiger partial charge in [-0.2, -0.15) is 0 Å². The van der Waals surface area contributed by atoms with Crippen molar-refractivity contribution in [3.05, 3.63) is 24.3 Å². The van der Waals surface area contributed by atoms with Crippen molar-refractivity contribution >= 4 is 17.6 Å². The van der Waals surface area contributed by atoms with Gasteiger partial charge in [0.2, 0.25) is 5.91 Å². The Morgan fingerprint density at radius 2 is 1.86 bits per heavy atom. The highest BCUT2D eigenvalue weighted by Crippen LogP contribution is 2.56. The normalized spacial score (nSPS) is 27.3. The van der Waals surface area contributed by atoms with Crippen LogP contribution in [-0.4, -0.2) is 22.1 Å². The second-order valence-corrected chi connectivity index (χ2v) is 6.46. The molecule has 0 bridgehead atoms. The van der Waals surface area contributed by atoms with Gasteiger partial charge < -0.3 is 15.5 Å². The summed E-state index contributed by atoms with van der Waals surface area (Å²) in [6.07, 6.45) is 0.990. The Labute approximate surface area is 124 Å². The Hall–Kier alpha value is -2.04. The van der Waals surface area contributed by atoms with E-state index in [2.05, 4.69) is 5.32 Å². The first kappa shape index (κ1) is 15.4. The largest absolute Gasteiger partial charge is 0.506 e. The quantitative estimate of drug-likeness (QED) is 0.747. The molecular formula is C16H21NO4. The van der Waals surface area contributed by atoms with Crippen LogP contribution in [0.4, 0.5) is 5.69 Å². The summed E-state index contributed by atoms with van der Waals surface area (Å²) in [6, 6.07) is 6.50. The van der Waals surface area contributed by atoms with Crippen LogP contribution in [0.1, 0.15) is 33.6 Å². The van der Waals surface area contributed by atoms with Crippen LogP contribution in [0, 0.1) is 16.7 Å². The average molecular weight is 291 g/mol. The molecule has 0 saturated heterocycles. The lowest BCUT2D eigenvalue weighted by atomic mass is 9.65. The van der Waals surface area contributed by atoms with E-state index in [9.17, 15) is 19.8 Å². The minimum absolute atomic E-state index is 0.00245. The Bertz CT molecular complexity index is 581. The Kier molecular flexibility index (Phi) is 3.70. The maximum Gasteiger partial charge on any atom is 0.309 e. The Morgan fingerprint density at radius 1 is 1.24 bits per heavy atom. The first-order valence-corrected chi connectivity index (χ1v) is 7.02. The number of benzene rings is 1. The van der Waals surface area contributed by atoms with Crippen LogP contribution in [0.15, 0.2) is 24.3 Å². The molecule has 3 N–H and O–H groups in total. The zero-order valence-corrected chi connectivity index (χ0v) is 12.5. The van der Waals surface area contributed by atoms with Gasteiger partial charge in [0.25, 0.3) is 0 Å². The van der Waals surface area contributed by atoms with E-state index in [0.717, 1.165) is 0 Å². The van der Waals surface area contributed by atoms with Gasteiger partial charge >= 0.3 is 5.97 Å². The van der Waals surface area contributed by atoms with E-state index in [1.807, 2.05) is 13.8 Å². The van der Waals surface area contributed by atoms with E-state index in [1.54, 1.807) is 25.1 Å². The van der Waals surface area contributed by atoms with E-state index < -0.39 is 22.7 Å². The van der Waals surface area contributed by atoms with Crippen molar-refractivity contribution in [2.75, 3.05) is 5.32 Å². The monoisotopic (exact) mass is 291 g/mol. The molecule has 5 heteroatoms. The van der Waals surface area contributed by atoms with Crippen molar-refractivity contribution in [3.8, 4) is 5.75 Å². The lowest BCUT2D eigenvalue weighted by Crippen LogP contribution is -2.43. The number of phenolic OH excluding ortho intramolecular Hbond substituents is 1. The van der Waals surface area contributed by atoms with Crippen LogP contribution in [0.5, 0.6) is 5.75 Å². The third-order valence-corrected chi connectivity index (χ3v) is 5.18. The number of rotatable bonds is 3. The third kappa shape index (κ3) is 2.37. The molecule has 0 heterocycles. The van der Waals surface area contributed by atoms with Gasteiger partial charge in [-0.25, -0.2) is 0 Å². The maximum atomic E-state index is 12.5. The Balaban J connectivity index is 2.22. The van der Waals surface area contributed by atoms with Gasteiger partial charge in [0.1, 0.15) is 5.75 Å². The minimum atomic E-state index is -0.923. The number of carbonyl (C=O) groups is 2. The van der Waals surface area contributed by atoms with Crippen LogP contribution >= 0.6 is 0 Å². The highest BCUT2D eigenvalue weighted by Gasteiger charge is 2.58. The number of amides is 1. The number of para-hydroxylation sites is 2. The molecule has 1 aromatic carbocycles. The average Bonchev–Trinajstić information content (AvgIpc) is 2.64. The summed E-state index contributed by atoms with van der Waals surface area (Å²) in [5, 5.41) is 21.9. The number of phenols is 1. The van der Waals surface area contributed by atoms with Gasteiger partial charge in [0.05, 0.1) is 11.1 Å². The molecule has 1 aromatic rings. The Morgan fingerprint density at radius 3 is 2.38 bits per heavy atom. The molecule has 0 spiro atoms. The molecule has 0 radical (unpaired) electrons. The number of hydrogen-bond donors (Lipinski definition) is 3. The first-order chi connectivity index (χ1) is 9.70. The van der Waals surface area contributed by atoms with Crippen LogP contribution in [0.3, 0.4) is 0 Å². The number of aromatic hydroxyl groups is 1. The molecular weight excluding hydrogens is 270 g/mol. The summed E-state index contributed by atoms with van der Waals surface area (Å²) in [5.74, 6) is -1.52. The molecule has 21 heavy (non-hydrogen) atoms. The van der Waals surface area contributed by atoms with E-state index in [4.69, 9.17) is 0 Å². The standard InChI is InChI=1S/C16H21NO4/c1-15(2)10(8-9-16(15,3)14(20)21)13(19)17-11-6-4-5-7-12(11)18/h4-7,10,18H,8-9H2,1-3H3,(H,17,19)(H,20,21)/t10-,16-/m1/s1. The topological polar surface area (TPSA) is 86.6 Å². The van der Waals surface area contributed by atoms with Crippen molar-refractivity contribution in [2.45, 2.75) is 33.6 Å². The van der Waals surface area contributed by atoms with Gasteiger partial charge in [0.15, 0.2) is 0 Å². The molecule has 5 nitrogen and oxygen atoms in total. The lowest BCUT2D eigenvalue weighted by Gasteiger charge is -2.37. The molecule has 0 unspecified atom stereocenters. The van der Waals surface area contributed by atoms with Gasteiger partial charge in [-0.1, -0.05) is 26.0 Å². The van der Waals surface area contributed by atoms with E-state index in [-0.39, 0.29) is 11.7 Å². The highest BCUT2D eigenvalue weighted by atomic mass is 16.4. The van der Waals surface area contributed by atoms with Crippen molar-refractivity contribution in [1.82, 2.24) is 0 Å². The number of hydrogen-bond acceptors (Lipinski definition) is 3. The molecule has 114 valence electrons. The summed E-state index contributed by atoms with van der Waals surface area (Å²) in [5.41, 5.74) is -1.23. The fourth-order valence-corrected chi connectivity index (χ4v) is 3.14. The second kappa shape index (κ2) is 5.06. The lowest BCUT2D eigenvalue weighted by molar-refractivity contribution is -0.154. The summed E-state index contributed by atoms with van der Waals surface area (Å²) >= 11 is 0. The van der Waals surface area contributed by atoms with Crippen molar-refractivity contribution in [3.63, 3.8) is 0 Å². The fraction of sp³-hybridized carbons (Fsp3) is 0.500. The summed E-state index contributed by atoms with van der Waals surface area (Å²) in [6.45, 7) is 5.34. The third-order valence-electron chi connectivity index (χ3n) is 5.18. The van der Waals surface area contributed by atoms with Gasteiger partial charge in [-0.05, 0) is 37.3 Å². The SMILES string of the molecule is CC1(C)[C@@H](C(=O)Nc2ccccc2O)CC[C@]1(C)C(=O)O. The molecule has 1 aliphatic rings. The number of carbonyl (C=O) groups excluding carboxylic acids is 1. The van der Waals surface area contributed by atoms with Gasteiger partial charge in [-0.15, -0.1) is 0 Å². The van der Waals surface area contributed by atoms with Crippen LogP contribution in [0.25, 0.3) is 0 Å². The smallest absolute Gasteiger partial charge is 0.309 e. The van der Waals surface area contributed by atoms with Crippen molar-refractivity contribution in [2.24, 2.45) is 16.7 Å². The zero-order valence-electron chi connectivity index (χ0n) is 12.5. The maximum absolute atomic E-state index is 12.5. The molecule has 0 aromatic heterocycles. The predicted octanol–water partition coefficient (Wildman–Crippen LogP) is 2.86. The zero-order chi connectivity index (χ0) is 15.8. The minimum Gasteiger partial charge on any atom is -0.506 e. The van der Waals surface area contributed by atoms with Gasteiger partial charge in [-0.3, -0.25) is 9.59 Å². The van der Waals surface area contributed by atoms with E-state index in [0.29, 0.717) is 18.5 Å². The molecule has 1 saturated carbocycles. The molecule has 2 rings (SSSR count). The predicted molar refractivity (Wildman–Crippen MR) is 79.0 cm³/mol. The summed E-state index contributed by atoms with van der Waals surface area (Å²) < 4.78 is 0. The molecule has 1 fully saturated rings. The number of aliphatic carboxylic acids is 1. The van der Waals surface area contributed by atoms with E-state index in [1.165, 1.54) is 6.07 Å². The van der Waals surface area contributed by atoms with Gasteiger partial charge in [0, 0.05) is 5.92 Å². The van der Waals surface area contributed by atoms with Crippen LogP contribution < -0.4 is 5.32 Å². The van der Waals surface area contributed by atoms with Crippen LogP contribution in [0.2, 0.25) is 0 Å². The van der Waals surface area contributed by atoms with E-state index >= 15 is 0 Å². The highest BCUT2D eigenvalue weighted by molar-refractivity contribution is 5.95. The molecule has 0 aliphatic heterocycles. The van der Waals surface area contributed by atoms with Crippen molar-refractivity contribution < 1.29 is 19.8 Å². The molecule has 1 amide bonds. The fourth-order valence-electron chi connectivity index (χ4n) is 3.14. The number of carboxylic acid groups (broad SMARTS) is 1. The molecule has 1 aliphatic carbocycles. The van der Waals surface area contributed by atoms with Crippen LogP contribution in [-0.2, 0) is 9.59 Å². The second-order valence-electron chi connectivity index (χ2n) is 6.46. The number of anilines is 1.